The predicted octanol–water partition coefficient (Wildman–Crippen LogP) is 5.37. The third kappa shape index (κ3) is 4.02. The summed E-state index contributed by atoms with van der Waals surface area (Å²) in [5.41, 5.74) is 8.03. The Balaban J connectivity index is 1.61. The van der Waals surface area contributed by atoms with Crippen molar-refractivity contribution >= 4 is 17.3 Å². The maximum absolute atomic E-state index is 5.84. The maximum atomic E-state index is 5.84. The van der Waals surface area contributed by atoms with Crippen LogP contribution in [-0.2, 0) is 6.54 Å². The van der Waals surface area contributed by atoms with Gasteiger partial charge < -0.3 is 14.8 Å². The molecule has 1 saturated heterocycles. The van der Waals surface area contributed by atoms with Gasteiger partial charge in [-0.3, -0.25) is 9.97 Å². The molecule has 0 saturated carbocycles. The molecule has 3 aromatic heterocycles. The summed E-state index contributed by atoms with van der Waals surface area (Å²) in [7, 11) is 0. The van der Waals surface area contributed by atoms with E-state index < -0.39 is 0 Å². The minimum Gasteiger partial charge on any atom is -0.352 e. The van der Waals surface area contributed by atoms with Gasteiger partial charge in [0.15, 0.2) is 5.11 Å². The zero-order valence-electron chi connectivity index (χ0n) is 19.1. The van der Waals surface area contributed by atoms with E-state index in [0.717, 1.165) is 16.5 Å². The van der Waals surface area contributed by atoms with Gasteiger partial charge >= 0.3 is 0 Å². The van der Waals surface area contributed by atoms with Gasteiger partial charge in [-0.15, -0.1) is 0 Å². The summed E-state index contributed by atoms with van der Waals surface area (Å²) in [5.74, 6) is 0. The van der Waals surface area contributed by atoms with Crippen LogP contribution < -0.4 is 5.32 Å². The van der Waals surface area contributed by atoms with Crippen molar-refractivity contribution in [2.75, 3.05) is 0 Å². The van der Waals surface area contributed by atoms with E-state index in [0.29, 0.717) is 6.54 Å². The summed E-state index contributed by atoms with van der Waals surface area (Å²) >= 11 is 5.84. The number of benzene rings is 1. The van der Waals surface area contributed by atoms with Gasteiger partial charge in [0.25, 0.3) is 0 Å². The number of thiocarbonyl (C=S) groups is 1. The minimum absolute atomic E-state index is 0.000181. The van der Waals surface area contributed by atoms with Crippen molar-refractivity contribution in [3.05, 3.63) is 113 Å². The summed E-state index contributed by atoms with van der Waals surface area (Å²) in [5, 5.41) is 4.27. The normalized spacial score (nSPS) is 17.9. The van der Waals surface area contributed by atoms with Gasteiger partial charge in [0.05, 0.1) is 30.0 Å². The first-order valence-corrected chi connectivity index (χ1v) is 11.6. The zero-order chi connectivity index (χ0) is 22.9. The molecule has 0 bridgehead atoms. The number of nitrogens with one attached hydrogen (secondary N) is 1. The van der Waals surface area contributed by atoms with Gasteiger partial charge in [-0.25, -0.2) is 0 Å². The number of aryl methyl sites for hydroxylation is 2. The van der Waals surface area contributed by atoms with Crippen LogP contribution in [0.5, 0.6) is 0 Å². The Morgan fingerprint density at radius 1 is 0.909 bits per heavy atom. The van der Waals surface area contributed by atoms with E-state index in [1.54, 1.807) is 0 Å². The van der Waals surface area contributed by atoms with E-state index >= 15 is 0 Å². The summed E-state index contributed by atoms with van der Waals surface area (Å²) in [6, 6.07) is 23.0. The van der Waals surface area contributed by atoms with Gasteiger partial charge in [0.2, 0.25) is 0 Å². The fourth-order valence-corrected chi connectivity index (χ4v) is 5.06. The van der Waals surface area contributed by atoms with Crippen molar-refractivity contribution in [3.8, 4) is 5.69 Å². The van der Waals surface area contributed by atoms with E-state index in [-0.39, 0.29) is 12.1 Å². The van der Waals surface area contributed by atoms with Crippen LogP contribution in [0.25, 0.3) is 5.69 Å². The molecule has 1 aliphatic rings. The molecule has 1 fully saturated rings. The lowest BCUT2D eigenvalue weighted by Gasteiger charge is -2.28. The molecule has 0 spiro atoms. The van der Waals surface area contributed by atoms with Crippen LogP contribution in [0.2, 0.25) is 0 Å². The highest BCUT2D eigenvalue weighted by molar-refractivity contribution is 7.80. The van der Waals surface area contributed by atoms with Crippen LogP contribution in [0, 0.1) is 20.8 Å². The summed E-state index contributed by atoms with van der Waals surface area (Å²) in [4.78, 5) is 11.5. The lowest BCUT2D eigenvalue weighted by atomic mass is 9.96. The summed E-state index contributed by atoms with van der Waals surface area (Å²) in [6.07, 6.45) is 3.67. The molecule has 2 atom stereocenters. The maximum Gasteiger partial charge on any atom is 0.170 e. The Labute approximate surface area is 200 Å². The molecule has 0 radical (unpaired) electrons. The van der Waals surface area contributed by atoms with Crippen molar-refractivity contribution in [1.29, 1.82) is 0 Å². The van der Waals surface area contributed by atoms with Crippen molar-refractivity contribution in [3.63, 3.8) is 0 Å². The molecule has 1 aromatic carbocycles. The lowest BCUT2D eigenvalue weighted by molar-refractivity contribution is 0.307. The SMILES string of the molecule is Cc1ccc(-n2c(C)cc([C@H]3[C@H](c4ccccn4)NC(=S)N3Cc3ccccn3)c2C)cc1. The lowest BCUT2D eigenvalue weighted by Crippen LogP contribution is -2.29. The highest BCUT2D eigenvalue weighted by Crippen LogP contribution is 2.42. The molecule has 1 N–H and O–H groups in total. The molecule has 4 aromatic rings. The quantitative estimate of drug-likeness (QED) is 0.412. The van der Waals surface area contributed by atoms with E-state index in [2.05, 4.69) is 81.9 Å². The van der Waals surface area contributed by atoms with E-state index in [4.69, 9.17) is 12.2 Å². The first-order valence-electron chi connectivity index (χ1n) is 11.2. The molecule has 6 heteroatoms. The smallest absolute Gasteiger partial charge is 0.170 e. The number of hydrogen-bond acceptors (Lipinski definition) is 3. The van der Waals surface area contributed by atoms with Crippen molar-refractivity contribution in [1.82, 2.24) is 24.8 Å². The molecule has 166 valence electrons. The Morgan fingerprint density at radius 2 is 1.64 bits per heavy atom. The highest BCUT2D eigenvalue weighted by atomic mass is 32.1. The fraction of sp³-hybridized carbons (Fsp3) is 0.222. The number of aromatic nitrogens is 3. The second-order valence-corrected chi connectivity index (χ2v) is 8.96. The average molecular weight is 454 g/mol. The molecular formula is C27H27N5S. The molecule has 0 aliphatic carbocycles. The van der Waals surface area contributed by atoms with Gasteiger partial charge in [-0.1, -0.05) is 29.8 Å². The van der Waals surface area contributed by atoms with Crippen LogP contribution in [0.4, 0.5) is 0 Å². The molecular weight excluding hydrogens is 426 g/mol. The van der Waals surface area contributed by atoms with Crippen LogP contribution in [0.3, 0.4) is 0 Å². The largest absolute Gasteiger partial charge is 0.352 e. The molecule has 5 nitrogen and oxygen atoms in total. The average Bonchev–Trinajstić information content (AvgIpc) is 3.31. The Morgan fingerprint density at radius 3 is 2.30 bits per heavy atom. The van der Waals surface area contributed by atoms with Crippen molar-refractivity contribution < 1.29 is 0 Å². The Bertz CT molecular complexity index is 1270. The molecule has 1 aliphatic heterocycles. The van der Waals surface area contributed by atoms with E-state index in [1.807, 2.05) is 42.7 Å². The van der Waals surface area contributed by atoms with Crippen LogP contribution in [-0.4, -0.2) is 24.5 Å². The molecule has 33 heavy (non-hydrogen) atoms. The van der Waals surface area contributed by atoms with Crippen LogP contribution >= 0.6 is 12.2 Å². The fourth-order valence-electron chi connectivity index (χ4n) is 4.76. The number of hydrogen-bond donors (Lipinski definition) is 1. The van der Waals surface area contributed by atoms with Crippen LogP contribution in [0.1, 0.15) is 46.0 Å². The zero-order valence-corrected chi connectivity index (χ0v) is 19.9. The standard InChI is InChI=1S/C27H27N5S/c1-18-10-12-22(13-11-18)32-19(2)16-23(20(32)3)26-25(24-9-5-7-15-29-24)30-27(33)31(26)17-21-8-4-6-14-28-21/h4-16,25-26H,17H2,1-3H3,(H,30,33)/t25-,26-/m0/s1. The predicted molar refractivity (Wildman–Crippen MR) is 135 cm³/mol. The highest BCUT2D eigenvalue weighted by Gasteiger charge is 2.41. The minimum atomic E-state index is -0.0469. The topological polar surface area (TPSA) is 46.0 Å². The first kappa shape index (κ1) is 21.3. The van der Waals surface area contributed by atoms with E-state index in [9.17, 15) is 0 Å². The molecule has 0 unspecified atom stereocenters. The molecule has 4 heterocycles. The number of rotatable bonds is 5. The Hall–Kier alpha value is -3.51. The molecule has 0 amide bonds. The Kier molecular flexibility index (Phi) is 5.68. The van der Waals surface area contributed by atoms with Gasteiger partial charge in [0.1, 0.15) is 0 Å². The third-order valence-corrected chi connectivity index (χ3v) is 6.69. The van der Waals surface area contributed by atoms with Crippen molar-refractivity contribution in [2.24, 2.45) is 0 Å². The second-order valence-electron chi connectivity index (χ2n) is 8.57. The van der Waals surface area contributed by atoms with Gasteiger partial charge in [-0.05, 0) is 81.0 Å². The van der Waals surface area contributed by atoms with E-state index in [1.165, 1.54) is 28.2 Å². The monoisotopic (exact) mass is 453 g/mol. The molecule has 5 rings (SSSR count). The number of pyridine rings is 2. The van der Waals surface area contributed by atoms with Crippen molar-refractivity contribution in [2.45, 2.75) is 39.4 Å². The van der Waals surface area contributed by atoms with Gasteiger partial charge in [0, 0.05) is 29.5 Å². The number of nitrogens with zero attached hydrogens (tertiary/aromatic N) is 4. The van der Waals surface area contributed by atoms with Crippen LogP contribution in [0.15, 0.2) is 79.1 Å². The third-order valence-electron chi connectivity index (χ3n) is 6.34. The van der Waals surface area contributed by atoms with Gasteiger partial charge in [-0.2, -0.15) is 0 Å². The summed E-state index contributed by atoms with van der Waals surface area (Å²) < 4.78 is 2.32. The first-order chi connectivity index (χ1) is 16.0. The summed E-state index contributed by atoms with van der Waals surface area (Å²) in [6.45, 7) is 7.10. The second kappa shape index (κ2) is 8.79.